The van der Waals surface area contributed by atoms with Gasteiger partial charge in [-0.15, -0.1) is 0 Å². The number of para-hydroxylation sites is 2. The van der Waals surface area contributed by atoms with Crippen LogP contribution >= 0.6 is 0 Å². The SMILES string of the molecule is CCOc1cc(/C=C/C(=O)OCC(=O)N2CC(=O)Nc3ccccc32)ccc1OCc1ccccc1. The van der Waals surface area contributed by atoms with Crippen molar-refractivity contribution in [1.29, 1.82) is 0 Å². The lowest BCUT2D eigenvalue weighted by Gasteiger charge is -2.28. The van der Waals surface area contributed by atoms with Crippen molar-refractivity contribution in [1.82, 2.24) is 0 Å². The Balaban J connectivity index is 1.35. The van der Waals surface area contributed by atoms with E-state index in [2.05, 4.69) is 5.32 Å². The summed E-state index contributed by atoms with van der Waals surface area (Å²) in [5, 5.41) is 2.71. The van der Waals surface area contributed by atoms with E-state index in [0.717, 1.165) is 5.56 Å². The maximum absolute atomic E-state index is 12.6. The predicted octanol–water partition coefficient (Wildman–Crippen LogP) is 4.21. The Morgan fingerprint density at radius 1 is 0.972 bits per heavy atom. The van der Waals surface area contributed by atoms with E-state index in [1.54, 1.807) is 48.5 Å². The van der Waals surface area contributed by atoms with Gasteiger partial charge in [-0.05, 0) is 48.4 Å². The summed E-state index contributed by atoms with van der Waals surface area (Å²) in [7, 11) is 0. The summed E-state index contributed by atoms with van der Waals surface area (Å²) in [6, 6.07) is 22.1. The molecule has 0 aromatic heterocycles. The van der Waals surface area contributed by atoms with Gasteiger partial charge >= 0.3 is 5.97 Å². The number of anilines is 2. The molecule has 3 aromatic carbocycles. The van der Waals surface area contributed by atoms with Crippen LogP contribution in [0.2, 0.25) is 0 Å². The monoisotopic (exact) mass is 486 g/mol. The number of hydrogen-bond donors (Lipinski definition) is 1. The maximum Gasteiger partial charge on any atom is 0.331 e. The van der Waals surface area contributed by atoms with E-state index < -0.39 is 18.5 Å². The van der Waals surface area contributed by atoms with E-state index in [1.165, 1.54) is 11.0 Å². The van der Waals surface area contributed by atoms with E-state index in [4.69, 9.17) is 14.2 Å². The number of esters is 1. The normalized spacial score (nSPS) is 12.6. The number of hydrogen-bond acceptors (Lipinski definition) is 6. The molecule has 8 heteroatoms. The van der Waals surface area contributed by atoms with Gasteiger partial charge in [0, 0.05) is 6.08 Å². The second-order valence-corrected chi connectivity index (χ2v) is 7.90. The summed E-state index contributed by atoms with van der Waals surface area (Å²) in [5.74, 6) is -0.328. The number of ether oxygens (including phenoxy) is 3. The van der Waals surface area contributed by atoms with Crippen molar-refractivity contribution in [3.8, 4) is 11.5 Å². The van der Waals surface area contributed by atoms with Crippen LogP contribution in [-0.2, 0) is 25.7 Å². The molecular formula is C28H26N2O6. The molecular weight excluding hydrogens is 460 g/mol. The van der Waals surface area contributed by atoms with Gasteiger partial charge in [0.1, 0.15) is 13.2 Å². The van der Waals surface area contributed by atoms with Crippen molar-refractivity contribution in [2.24, 2.45) is 0 Å². The third-order valence-electron chi connectivity index (χ3n) is 5.33. The quantitative estimate of drug-likeness (QED) is 0.360. The first-order valence-corrected chi connectivity index (χ1v) is 11.5. The Hall–Kier alpha value is -4.59. The maximum atomic E-state index is 12.6. The first kappa shape index (κ1) is 24.5. The van der Waals surface area contributed by atoms with Gasteiger partial charge in [0.25, 0.3) is 5.91 Å². The Morgan fingerprint density at radius 3 is 2.56 bits per heavy atom. The summed E-state index contributed by atoms with van der Waals surface area (Å²) in [6.07, 6.45) is 2.81. The molecule has 1 heterocycles. The van der Waals surface area contributed by atoms with Gasteiger partial charge in [-0.25, -0.2) is 4.79 Å². The van der Waals surface area contributed by atoms with E-state index in [-0.39, 0.29) is 12.5 Å². The van der Waals surface area contributed by atoms with Gasteiger partial charge in [0.05, 0.1) is 18.0 Å². The summed E-state index contributed by atoms with van der Waals surface area (Å²) in [5.41, 5.74) is 2.84. The summed E-state index contributed by atoms with van der Waals surface area (Å²) < 4.78 is 16.7. The van der Waals surface area contributed by atoms with E-state index in [1.807, 2.05) is 37.3 Å². The highest BCUT2D eigenvalue weighted by molar-refractivity contribution is 6.10. The minimum Gasteiger partial charge on any atom is -0.490 e. The van der Waals surface area contributed by atoms with Crippen molar-refractivity contribution in [3.63, 3.8) is 0 Å². The van der Waals surface area contributed by atoms with Crippen LogP contribution in [0.25, 0.3) is 6.08 Å². The molecule has 1 aliphatic rings. The van der Waals surface area contributed by atoms with Crippen LogP contribution in [0, 0.1) is 0 Å². The third-order valence-corrected chi connectivity index (χ3v) is 5.33. The smallest absolute Gasteiger partial charge is 0.331 e. The fraction of sp³-hybridized carbons (Fsp3) is 0.179. The van der Waals surface area contributed by atoms with Gasteiger partial charge in [0.2, 0.25) is 5.91 Å². The highest BCUT2D eigenvalue weighted by Crippen LogP contribution is 2.30. The molecule has 36 heavy (non-hydrogen) atoms. The Bertz CT molecular complexity index is 1270. The number of rotatable bonds is 9. The molecule has 2 amide bonds. The summed E-state index contributed by atoms with van der Waals surface area (Å²) in [6.45, 7) is 2.11. The lowest BCUT2D eigenvalue weighted by atomic mass is 10.2. The molecule has 3 aromatic rings. The van der Waals surface area contributed by atoms with Gasteiger partial charge in [-0.3, -0.25) is 14.5 Å². The molecule has 0 unspecified atom stereocenters. The number of carbonyl (C=O) groups excluding carboxylic acids is 3. The van der Waals surface area contributed by atoms with Crippen molar-refractivity contribution in [2.45, 2.75) is 13.5 Å². The zero-order valence-electron chi connectivity index (χ0n) is 19.8. The fourth-order valence-corrected chi connectivity index (χ4v) is 3.63. The molecule has 0 atom stereocenters. The molecule has 0 saturated heterocycles. The standard InChI is InChI=1S/C28H26N2O6/c1-2-34-25-16-20(12-14-24(25)35-18-21-8-4-3-5-9-21)13-15-28(33)36-19-27(32)30-17-26(31)29-22-10-6-7-11-23(22)30/h3-16H,2,17-19H2,1H3,(H,29,31)/b15-13+. The Morgan fingerprint density at radius 2 is 1.75 bits per heavy atom. The average Bonchev–Trinajstić information content (AvgIpc) is 2.90. The molecule has 0 aliphatic carbocycles. The number of carbonyl (C=O) groups is 3. The molecule has 0 spiro atoms. The van der Waals surface area contributed by atoms with Gasteiger partial charge in [0.15, 0.2) is 18.1 Å². The van der Waals surface area contributed by atoms with Crippen molar-refractivity contribution >= 4 is 35.2 Å². The summed E-state index contributed by atoms with van der Waals surface area (Å²) >= 11 is 0. The highest BCUT2D eigenvalue weighted by Gasteiger charge is 2.27. The average molecular weight is 487 g/mol. The van der Waals surface area contributed by atoms with Crippen LogP contribution in [0.3, 0.4) is 0 Å². The van der Waals surface area contributed by atoms with E-state index >= 15 is 0 Å². The number of nitrogens with zero attached hydrogens (tertiary/aromatic N) is 1. The molecule has 8 nitrogen and oxygen atoms in total. The second kappa shape index (κ2) is 11.7. The first-order chi connectivity index (χ1) is 17.5. The van der Waals surface area contributed by atoms with Crippen LogP contribution in [0.5, 0.6) is 11.5 Å². The highest BCUT2D eigenvalue weighted by atomic mass is 16.5. The Labute approximate surface area is 209 Å². The molecule has 0 radical (unpaired) electrons. The number of benzene rings is 3. The second-order valence-electron chi connectivity index (χ2n) is 7.90. The van der Waals surface area contributed by atoms with E-state index in [0.29, 0.717) is 41.7 Å². The predicted molar refractivity (Wildman–Crippen MR) is 136 cm³/mol. The summed E-state index contributed by atoms with van der Waals surface area (Å²) in [4.78, 5) is 38.1. The fourth-order valence-electron chi connectivity index (χ4n) is 3.63. The zero-order chi connectivity index (χ0) is 25.3. The van der Waals surface area contributed by atoms with Crippen LogP contribution in [-0.4, -0.2) is 37.5 Å². The number of amides is 2. The molecule has 184 valence electrons. The van der Waals surface area contributed by atoms with Gasteiger partial charge in [-0.2, -0.15) is 0 Å². The topological polar surface area (TPSA) is 94.2 Å². The lowest BCUT2D eigenvalue weighted by molar-refractivity contribution is -0.143. The molecule has 0 saturated carbocycles. The Kier molecular flexibility index (Phi) is 7.97. The van der Waals surface area contributed by atoms with Crippen molar-refractivity contribution < 1.29 is 28.6 Å². The minimum absolute atomic E-state index is 0.137. The van der Waals surface area contributed by atoms with Crippen LogP contribution in [0.1, 0.15) is 18.1 Å². The molecule has 0 fully saturated rings. The lowest BCUT2D eigenvalue weighted by Crippen LogP contribution is -2.43. The van der Waals surface area contributed by atoms with Crippen molar-refractivity contribution in [2.75, 3.05) is 30.0 Å². The molecule has 0 bridgehead atoms. The molecule has 1 N–H and O–H groups in total. The van der Waals surface area contributed by atoms with Crippen LogP contribution in [0.4, 0.5) is 11.4 Å². The first-order valence-electron chi connectivity index (χ1n) is 11.5. The molecule has 1 aliphatic heterocycles. The van der Waals surface area contributed by atoms with Gasteiger partial charge in [-0.1, -0.05) is 48.5 Å². The van der Waals surface area contributed by atoms with Gasteiger partial charge < -0.3 is 19.5 Å². The zero-order valence-corrected chi connectivity index (χ0v) is 19.8. The number of fused-ring (bicyclic) bond motifs is 1. The largest absolute Gasteiger partial charge is 0.490 e. The van der Waals surface area contributed by atoms with Crippen LogP contribution in [0.15, 0.2) is 78.9 Å². The van der Waals surface area contributed by atoms with E-state index in [9.17, 15) is 14.4 Å². The third kappa shape index (κ3) is 6.29. The van der Waals surface area contributed by atoms with Crippen LogP contribution < -0.4 is 19.7 Å². The molecule has 4 rings (SSSR count). The van der Waals surface area contributed by atoms with Crippen molar-refractivity contribution in [3.05, 3.63) is 90.0 Å². The minimum atomic E-state index is -0.680. The number of nitrogens with one attached hydrogen (secondary N) is 1.